The van der Waals surface area contributed by atoms with Crippen LogP contribution in [-0.4, -0.2) is 38.2 Å². The fraction of sp³-hybridized carbons (Fsp3) is 0.474. The minimum absolute atomic E-state index is 0. The summed E-state index contributed by atoms with van der Waals surface area (Å²) in [6.07, 6.45) is 1.69. The maximum absolute atomic E-state index is 13.7. The van der Waals surface area contributed by atoms with Crippen molar-refractivity contribution in [2.75, 3.05) is 18.8 Å². The second-order valence-electron chi connectivity index (χ2n) is 7.24. The summed E-state index contributed by atoms with van der Waals surface area (Å²) < 4.78 is 44.0. The van der Waals surface area contributed by atoms with E-state index in [2.05, 4.69) is 20.6 Å². The van der Waals surface area contributed by atoms with Crippen LogP contribution in [0.5, 0.6) is 0 Å². The Bertz CT molecular complexity index is 924. The van der Waals surface area contributed by atoms with Gasteiger partial charge in [-0.15, -0.1) is 24.0 Å². The molecule has 1 aromatic heterocycles. The van der Waals surface area contributed by atoms with Gasteiger partial charge in [-0.2, -0.15) is 0 Å². The Morgan fingerprint density at radius 2 is 1.93 bits per heavy atom. The van der Waals surface area contributed by atoms with Gasteiger partial charge in [0.2, 0.25) is 5.89 Å². The quantitative estimate of drug-likeness (QED) is 0.319. The van der Waals surface area contributed by atoms with Gasteiger partial charge >= 0.3 is 0 Å². The van der Waals surface area contributed by atoms with E-state index in [0.717, 1.165) is 11.8 Å². The molecule has 0 atom stereocenters. The minimum atomic E-state index is -3.73. The van der Waals surface area contributed by atoms with Gasteiger partial charge in [0.1, 0.15) is 23.0 Å². The number of rotatable bonds is 7. The fourth-order valence-electron chi connectivity index (χ4n) is 2.33. The summed E-state index contributed by atoms with van der Waals surface area (Å²) in [6.45, 7) is 8.89. The lowest BCUT2D eigenvalue weighted by Gasteiger charge is -2.13. The number of guanidine groups is 1. The zero-order valence-electron chi connectivity index (χ0n) is 17.0. The van der Waals surface area contributed by atoms with Gasteiger partial charge in [0.25, 0.3) is 0 Å². The number of hydrogen-bond acceptors (Lipinski definition) is 5. The summed E-state index contributed by atoms with van der Waals surface area (Å²) in [5, 5.41) is 5.97. The Kier molecular flexibility index (Phi) is 9.53. The van der Waals surface area contributed by atoms with E-state index in [1.165, 1.54) is 18.2 Å². The number of aromatic nitrogens is 1. The first-order valence-corrected chi connectivity index (χ1v) is 10.7. The third-order valence-electron chi connectivity index (χ3n) is 3.84. The zero-order valence-corrected chi connectivity index (χ0v) is 20.2. The van der Waals surface area contributed by atoms with E-state index in [1.54, 1.807) is 6.20 Å². The van der Waals surface area contributed by atoms with Gasteiger partial charge in [-0.1, -0.05) is 32.9 Å². The van der Waals surface area contributed by atoms with Crippen molar-refractivity contribution in [1.82, 2.24) is 15.6 Å². The highest BCUT2D eigenvalue weighted by atomic mass is 127. The third kappa shape index (κ3) is 7.57. The lowest BCUT2D eigenvalue weighted by Crippen LogP contribution is -2.39. The second-order valence-corrected chi connectivity index (χ2v) is 9.32. The maximum Gasteiger partial charge on any atom is 0.216 e. The van der Waals surface area contributed by atoms with Crippen molar-refractivity contribution in [3.8, 4) is 0 Å². The largest absolute Gasteiger partial charge is 0.443 e. The average molecular weight is 538 g/mol. The molecule has 29 heavy (non-hydrogen) atoms. The number of benzene rings is 1. The summed E-state index contributed by atoms with van der Waals surface area (Å²) in [5.41, 5.74) is -0.140. The average Bonchev–Trinajstić information content (AvgIpc) is 3.09. The monoisotopic (exact) mass is 538 g/mol. The summed E-state index contributed by atoms with van der Waals surface area (Å²) in [6, 6.07) is 5.35. The fourth-order valence-corrected chi connectivity index (χ4v) is 3.57. The molecule has 0 spiro atoms. The first-order valence-electron chi connectivity index (χ1n) is 9.08. The van der Waals surface area contributed by atoms with Gasteiger partial charge in [0.05, 0.1) is 11.9 Å². The molecule has 0 saturated carbocycles. The van der Waals surface area contributed by atoms with Crippen molar-refractivity contribution in [2.24, 2.45) is 4.99 Å². The van der Waals surface area contributed by atoms with Crippen molar-refractivity contribution in [2.45, 2.75) is 44.6 Å². The molecule has 162 valence electrons. The smallest absolute Gasteiger partial charge is 0.216 e. The second kappa shape index (κ2) is 10.9. The number of nitrogens with zero attached hydrogens (tertiary/aromatic N) is 2. The molecule has 0 bridgehead atoms. The van der Waals surface area contributed by atoms with Gasteiger partial charge in [-0.3, -0.25) is 0 Å². The van der Waals surface area contributed by atoms with Crippen LogP contribution in [-0.2, 0) is 21.8 Å². The lowest BCUT2D eigenvalue weighted by atomic mass is 9.94. The number of sulfone groups is 1. The summed E-state index contributed by atoms with van der Waals surface area (Å²) in [4.78, 5) is 8.28. The topological polar surface area (TPSA) is 96.6 Å². The van der Waals surface area contributed by atoms with Crippen LogP contribution in [0.3, 0.4) is 0 Å². The molecule has 0 fully saturated rings. The molecule has 2 N–H and O–H groups in total. The Labute approximate surface area is 188 Å². The zero-order chi connectivity index (χ0) is 20.8. The van der Waals surface area contributed by atoms with Crippen molar-refractivity contribution in [3.63, 3.8) is 0 Å². The third-order valence-corrected chi connectivity index (χ3v) is 5.59. The van der Waals surface area contributed by atoms with Crippen LogP contribution in [0.2, 0.25) is 0 Å². The van der Waals surface area contributed by atoms with Crippen molar-refractivity contribution in [3.05, 3.63) is 47.9 Å². The SMILES string of the molecule is CCNC(=NCc1ncc(C(C)(C)C)o1)NCCS(=O)(=O)c1ccccc1F.I. The molecule has 1 aromatic carbocycles. The van der Waals surface area contributed by atoms with E-state index in [9.17, 15) is 12.8 Å². The molecule has 0 radical (unpaired) electrons. The van der Waals surface area contributed by atoms with Crippen LogP contribution in [0.25, 0.3) is 0 Å². The molecule has 2 rings (SSSR count). The molecular formula is C19H28FIN4O3S. The van der Waals surface area contributed by atoms with E-state index in [-0.39, 0.29) is 53.1 Å². The number of nitrogens with one attached hydrogen (secondary N) is 2. The van der Waals surface area contributed by atoms with Gasteiger partial charge in [-0.05, 0) is 19.1 Å². The first-order chi connectivity index (χ1) is 13.1. The molecule has 7 nitrogen and oxygen atoms in total. The lowest BCUT2D eigenvalue weighted by molar-refractivity contribution is 0.383. The molecule has 0 aliphatic rings. The summed E-state index contributed by atoms with van der Waals surface area (Å²) in [7, 11) is -3.73. The van der Waals surface area contributed by atoms with E-state index >= 15 is 0 Å². The van der Waals surface area contributed by atoms with Crippen LogP contribution in [0.1, 0.15) is 39.3 Å². The molecule has 0 amide bonds. The van der Waals surface area contributed by atoms with Crippen LogP contribution in [0.15, 0.2) is 44.8 Å². The maximum atomic E-state index is 13.7. The van der Waals surface area contributed by atoms with Crippen LogP contribution < -0.4 is 10.6 Å². The molecule has 0 aliphatic heterocycles. The van der Waals surface area contributed by atoms with E-state index in [0.29, 0.717) is 18.4 Å². The summed E-state index contributed by atoms with van der Waals surface area (Å²) >= 11 is 0. The molecule has 0 unspecified atom stereocenters. The van der Waals surface area contributed by atoms with Crippen molar-refractivity contribution < 1.29 is 17.2 Å². The Morgan fingerprint density at radius 1 is 1.24 bits per heavy atom. The Hall–Kier alpha value is -1.69. The van der Waals surface area contributed by atoms with Gasteiger partial charge in [0, 0.05) is 18.5 Å². The molecule has 2 aromatic rings. The van der Waals surface area contributed by atoms with Crippen LogP contribution in [0.4, 0.5) is 4.39 Å². The predicted octanol–water partition coefficient (Wildman–Crippen LogP) is 3.26. The van der Waals surface area contributed by atoms with E-state index in [1.807, 2.05) is 27.7 Å². The highest BCUT2D eigenvalue weighted by Crippen LogP contribution is 2.22. The standard InChI is InChI=1S/C19H27FN4O3S.HI/c1-5-21-18(24-13-17-23-12-16(27-17)19(2,3)4)22-10-11-28(25,26)15-9-7-6-8-14(15)20;/h6-9,12H,5,10-11,13H2,1-4H3,(H2,21,22,24);1H. The molecule has 10 heteroatoms. The predicted molar refractivity (Wildman–Crippen MR) is 122 cm³/mol. The number of aliphatic imine (C=N–C) groups is 1. The van der Waals surface area contributed by atoms with Crippen LogP contribution in [0, 0.1) is 5.82 Å². The molecule has 1 heterocycles. The molecule has 0 aliphatic carbocycles. The van der Waals surface area contributed by atoms with E-state index in [4.69, 9.17) is 4.42 Å². The van der Waals surface area contributed by atoms with Gasteiger partial charge in [0.15, 0.2) is 15.8 Å². The number of halogens is 2. The van der Waals surface area contributed by atoms with Gasteiger partial charge in [-0.25, -0.2) is 22.8 Å². The normalized spacial score (nSPS) is 12.4. The first kappa shape index (κ1) is 25.3. The Morgan fingerprint density at radius 3 is 2.52 bits per heavy atom. The minimum Gasteiger partial charge on any atom is -0.443 e. The number of oxazole rings is 1. The highest BCUT2D eigenvalue weighted by molar-refractivity contribution is 14.0. The van der Waals surface area contributed by atoms with Gasteiger partial charge < -0.3 is 15.1 Å². The molecular weight excluding hydrogens is 510 g/mol. The highest BCUT2D eigenvalue weighted by Gasteiger charge is 2.20. The Balaban J connectivity index is 0.00000420. The summed E-state index contributed by atoms with van der Waals surface area (Å²) in [5.74, 6) is 0.669. The molecule has 0 saturated heterocycles. The van der Waals surface area contributed by atoms with Crippen LogP contribution >= 0.6 is 24.0 Å². The number of hydrogen-bond donors (Lipinski definition) is 2. The van der Waals surface area contributed by atoms with Crippen molar-refractivity contribution in [1.29, 1.82) is 0 Å². The van der Waals surface area contributed by atoms with Crippen molar-refractivity contribution >= 4 is 39.8 Å². The van der Waals surface area contributed by atoms with E-state index < -0.39 is 15.7 Å².